The lowest BCUT2D eigenvalue weighted by molar-refractivity contribution is -0.119. The number of carbonyl (C=O) groups excluding carboxylic acids is 1. The van der Waals surface area contributed by atoms with Gasteiger partial charge in [-0.3, -0.25) is 14.5 Å². The minimum absolute atomic E-state index is 0.0253. The van der Waals surface area contributed by atoms with Gasteiger partial charge in [0.1, 0.15) is 0 Å². The number of aryl methyl sites for hydroxylation is 1. The van der Waals surface area contributed by atoms with Gasteiger partial charge in [-0.1, -0.05) is 11.6 Å². The minimum Gasteiger partial charge on any atom is -0.274 e. The number of carbonyl (C=O) groups is 1. The summed E-state index contributed by atoms with van der Waals surface area (Å²) in [5.41, 5.74) is 3.21. The van der Waals surface area contributed by atoms with Crippen molar-refractivity contribution in [2.45, 2.75) is 12.8 Å². The fourth-order valence-electron chi connectivity index (χ4n) is 2.58. The van der Waals surface area contributed by atoms with Crippen molar-refractivity contribution in [1.82, 2.24) is 19.5 Å². The molecule has 27 heavy (non-hydrogen) atoms. The quantitative estimate of drug-likeness (QED) is 0.681. The van der Waals surface area contributed by atoms with Gasteiger partial charge in [0, 0.05) is 35.6 Å². The Hall–Kier alpha value is -2.71. The molecule has 1 N–H and O–H groups in total. The average Bonchev–Trinajstić information content (AvgIpc) is 3.04. The first-order valence-electron chi connectivity index (χ1n) is 8.07. The van der Waals surface area contributed by atoms with Gasteiger partial charge in [0.15, 0.2) is 0 Å². The summed E-state index contributed by atoms with van der Waals surface area (Å²) in [6.45, 7) is 0. The van der Waals surface area contributed by atoms with Crippen molar-refractivity contribution in [2.24, 2.45) is 0 Å². The predicted octanol–water partition coefficient (Wildman–Crippen LogP) is 2.60. The molecule has 9 heteroatoms. The van der Waals surface area contributed by atoms with Gasteiger partial charge in [-0.05, 0) is 48.4 Å². The molecule has 1 aromatic carbocycles. The second-order valence-corrected chi connectivity index (χ2v) is 8.14. The molecule has 0 radical (unpaired) electrons. The van der Waals surface area contributed by atoms with Crippen LogP contribution in [0.4, 0.5) is 0 Å². The Morgan fingerprint density at radius 2 is 1.81 bits per heavy atom. The summed E-state index contributed by atoms with van der Waals surface area (Å²) in [4.78, 5) is 15.9. The number of nitrogens with one attached hydrogen (secondary N) is 1. The summed E-state index contributed by atoms with van der Waals surface area (Å²) in [6, 6.07) is 10.9. The van der Waals surface area contributed by atoms with Gasteiger partial charge < -0.3 is 0 Å². The van der Waals surface area contributed by atoms with E-state index in [9.17, 15) is 13.2 Å². The van der Waals surface area contributed by atoms with E-state index in [0.717, 1.165) is 23.1 Å². The van der Waals surface area contributed by atoms with Crippen molar-refractivity contribution >= 4 is 27.5 Å². The molecule has 0 aliphatic carbocycles. The van der Waals surface area contributed by atoms with E-state index in [1.54, 1.807) is 29.2 Å². The van der Waals surface area contributed by atoms with Crippen LogP contribution in [0.15, 0.2) is 55.0 Å². The highest BCUT2D eigenvalue weighted by atomic mass is 35.5. The molecular weight excluding hydrogens is 388 g/mol. The lowest BCUT2D eigenvalue weighted by atomic mass is 10.1. The van der Waals surface area contributed by atoms with Gasteiger partial charge in [-0.25, -0.2) is 13.1 Å². The number of halogens is 1. The number of aromatic nitrogens is 3. The molecule has 3 aromatic rings. The van der Waals surface area contributed by atoms with Crippen molar-refractivity contribution < 1.29 is 13.2 Å². The third-order valence-corrected chi connectivity index (χ3v) is 4.61. The molecule has 0 bridgehead atoms. The Bertz CT molecular complexity index is 1050. The smallest absolute Gasteiger partial charge is 0.233 e. The fraction of sp³-hybridized carbons (Fsp3) is 0.167. The van der Waals surface area contributed by atoms with E-state index in [-0.39, 0.29) is 6.42 Å². The molecule has 2 heterocycles. The number of sulfonamides is 1. The van der Waals surface area contributed by atoms with Crippen LogP contribution in [0.1, 0.15) is 12.0 Å². The maximum absolute atomic E-state index is 11.9. The molecule has 0 aliphatic rings. The van der Waals surface area contributed by atoms with Crippen LogP contribution in [-0.4, -0.2) is 35.3 Å². The number of hydrogen-bond donors (Lipinski definition) is 1. The second-order valence-electron chi connectivity index (χ2n) is 5.96. The molecule has 0 aliphatic heterocycles. The van der Waals surface area contributed by atoms with Crippen LogP contribution in [0, 0.1) is 0 Å². The zero-order valence-electron chi connectivity index (χ0n) is 14.5. The standard InChI is InChI=1S/C18H17ClN4O3S/c1-27(25,26)22-17(24)7-2-14-12-23(16-5-3-15(19)4-6-16)21-18(14)13-8-10-20-11-9-13/h3-6,8-12H,2,7H2,1H3,(H,22,24). The third kappa shape index (κ3) is 5.15. The van der Waals surface area contributed by atoms with E-state index in [1.807, 2.05) is 35.2 Å². The lowest BCUT2D eigenvalue weighted by Crippen LogP contribution is -2.29. The normalized spacial score (nSPS) is 11.3. The molecule has 2 aromatic heterocycles. The summed E-state index contributed by atoms with van der Waals surface area (Å²) in [5.74, 6) is -0.558. The maximum atomic E-state index is 11.9. The van der Waals surface area contributed by atoms with Crippen LogP contribution in [0.25, 0.3) is 16.9 Å². The van der Waals surface area contributed by atoms with E-state index in [4.69, 9.17) is 11.6 Å². The van der Waals surface area contributed by atoms with E-state index in [0.29, 0.717) is 17.1 Å². The van der Waals surface area contributed by atoms with E-state index in [2.05, 4.69) is 10.1 Å². The number of benzene rings is 1. The Morgan fingerprint density at radius 1 is 1.15 bits per heavy atom. The number of rotatable bonds is 6. The van der Waals surface area contributed by atoms with Crippen LogP contribution in [0.5, 0.6) is 0 Å². The molecule has 0 spiro atoms. The van der Waals surface area contributed by atoms with Crippen LogP contribution >= 0.6 is 11.6 Å². The predicted molar refractivity (Wildman–Crippen MR) is 103 cm³/mol. The summed E-state index contributed by atoms with van der Waals surface area (Å²) in [5, 5.41) is 5.25. The first-order valence-corrected chi connectivity index (χ1v) is 10.3. The summed E-state index contributed by atoms with van der Waals surface area (Å²) < 4.78 is 26.1. The Morgan fingerprint density at radius 3 is 2.44 bits per heavy atom. The van der Waals surface area contributed by atoms with Crippen LogP contribution in [-0.2, 0) is 21.2 Å². The summed E-state index contributed by atoms with van der Waals surface area (Å²) in [7, 11) is -3.57. The second kappa shape index (κ2) is 7.89. The van der Waals surface area contributed by atoms with Crippen molar-refractivity contribution in [1.29, 1.82) is 0 Å². The molecule has 0 saturated carbocycles. The number of hydrogen-bond acceptors (Lipinski definition) is 5. The highest BCUT2D eigenvalue weighted by Crippen LogP contribution is 2.25. The monoisotopic (exact) mass is 404 g/mol. The lowest BCUT2D eigenvalue weighted by Gasteiger charge is -2.03. The van der Waals surface area contributed by atoms with Gasteiger partial charge >= 0.3 is 0 Å². The molecule has 7 nitrogen and oxygen atoms in total. The number of nitrogens with zero attached hydrogens (tertiary/aromatic N) is 3. The Labute approximate surface area is 162 Å². The minimum atomic E-state index is -3.57. The topological polar surface area (TPSA) is 94.0 Å². The molecule has 0 fully saturated rings. The molecule has 0 unspecified atom stereocenters. The first-order chi connectivity index (χ1) is 12.8. The van der Waals surface area contributed by atoms with Gasteiger partial charge in [-0.15, -0.1) is 0 Å². The Balaban J connectivity index is 1.91. The summed E-state index contributed by atoms with van der Waals surface area (Å²) >= 11 is 5.94. The SMILES string of the molecule is CS(=O)(=O)NC(=O)CCc1cn(-c2ccc(Cl)cc2)nc1-c1ccncc1. The highest BCUT2D eigenvalue weighted by molar-refractivity contribution is 7.89. The van der Waals surface area contributed by atoms with E-state index < -0.39 is 15.9 Å². The van der Waals surface area contributed by atoms with Gasteiger partial charge in [0.2, 0.25) is 15.9 Å². The van der Waals surface area contributed by atoms with Gasteiger partial charge in [0.05, 0.1) is 17.6 Å². The highest BCUT2D eigenvalue weighted by Gasteiger charge is 2.15. The van der Waals surface area contributed by atoms with Crippen LogP contribution in [0.2, 0.25) is 5.02 Å². The zero-order chi connectivity index (χ0) is 19.4. The first kappa shape index (κ1) is 19.1. The van der Waals surface area contributed by atoms with Crippen molar-refractivity contribution in [3.05, 3.63) is 65.6 Å². The van der Waals surface area contributed by atoms with Crippen LogP contribution < -0.4 is 4.72 Å². The molecule has 1 amide bonds. The van der Waals surface area contributed by atoms with Gasteiger partial charge in [0.25, 0.3) is 0 Å². The molecule has 3 rings (SSSR count). The van der Waals surface area contributed by atoms with Gasteiger partial charge in [-0.2, -0.15) is 5.10 Å². The zero-order valence-corrected chi connectivity index (χ0v) is 16.0. The largest absolute Gasteiger partial charge is 0.274 e. The molecule has 0 saturated heterocycles. The number of amides is 1. The maximum Gasteiger partial charge on any atom is 0.233 e. The Kier molecular flexibility index (Phi) is 5.57. The van der Waals surface area contributed by atoms with Crippen molar-refractivity contribution in [3.8, 4) is 16.9 Å². The average molecular weight is 405 g/mol. The van der Waals surface area contributed by atoms with Crippen molar-refractivity contribution in [2.75, 3.05) is 6.26 Å². The molecular formula is C18H17ClN4O3S. The van der Waals surface area contributed by atoms with Crippen molar-refractivity contribution in [3.63, 3.8) is 0 Å². The third-order valence-electron chi connectivity index (χ3n) is 3.76. The summed E-state index contributed by atoms with van der Waals surface area (Å²) in [6.07, 6.45) is 6.47. The molecule has 0 atom stereocenters. The number of pyridine rings is 1. The molecule has 140 valence electrons. The fourth-order valence-corrected chi connectivity index (χ4v) is 3.22. The van der Waals surface area contributed by atoms with E-state index >= 15 is 0 Å². The van der Waals surface area contributed by atoms with E-state index in [1.165, 1.54) is 0 Å². The van der Waals surface area contributed by atoms with Crippen LogP contribution in [0.3, 0.4) is 0 Å².